The minimum atomic E-state index is -3.49. The van der Waals surface area contributed by atoms with Gasteiger partial charge in [-0.3, -0.25) is 4.79 Å². The predicted octanol–water partition coefficient (Wildman–Crippen LogP) is 2.40. The van der Waals surface area contributed by atoms with E-state index in [0.29, 0.717) is 35.8 Å². The van der Waals surface area contributed by atoms with Gasteiger partial charge in [-0.15, -0.1) is 0 Å². The Bertz CT molecular complexity index is 933. The summed E-state index contributed by atoms with van der Waals surface area (Å²) in [6.07, 6.45) is 0.396. The molecule has 1 aliphatic heterocycles. The number of hydrogen-bond acceptors (Lipinski definition) is 6. The Hall–Kier alpha value is -2.74. The number of likely N-dealkylation sites (tertiary alicyclic amines) is 1. The van der Waals surface area contributed by atoms with E-state index >= 15 is 0 Å². The maximum Gasteiger partial charge on any atom is 0.254 e. The number of carbonyl (C=O) groups is 1. The molecule has 1 aliphatic rings. The normalized spacial score (nSPS) is 16.7. The van der Waals surface area contributed by atoms with Gasteiger partial charge in [0.15, 0.2) is 21.3 Å². The largest absolute Gasteiger partial charge is 0.493 e. The van der Waals surface area contributed by atoms with Crippen molar-refractivity contribution in [2.75, 3.05) is 34.4 Å². The minimum absolute atomic E-state index is 0.146. The number of benzene rings is 2. The quantitative estimate of drug-likeness (QED) is 0.734. The summed E-state index contributed by atoms with van der Waals surface area (Å²) in [5.74, 6) is 0.869. The van der Waals surface area contributed by atoms with Gasteiger partial charge in [-0.25, -0.2) is 8.42 Å². The van der Waals surface area contributed by atoms with Crippen molar-refractivity contribution in [3.8, 4) is 17.2 Å². The second-order valence-electron chi connectivity index (χ2n) is 6.43. The van der Waals surface area contributed by atoms with Crippen LogP contribution in [0.25, 0.3) is 0 Å². The van der Waals surface area contributed by atoms with Crippen molar-refractivity contribution in [1.29, 1.82) is 0 Å². The fourth-order valence-corrected chi connectivity index (χ4v) is 5.07. The van der Waals surface area contributed by atoms with Crippen LogP contribution in [0, 0.1) is 0 Å². The second-order valence-corrected chi connectivity index (χ2v) is 8.66. The highest BCUT2D eigenvalue weighted by Gasteiger charge is 2.36. The molecule has 28 heavy (non-hydrogen) atoms. The minimum Gasteiger partial charge on any atom is -0.493 e. The molecule has 7 nitrogen and oxygen atoms in total. The zero-order chi connectivity index (χ0) is 20.3. The summed E-state index contributed by atoms with van der Waals surface area (Å²) in [4.78, 5) is 14.8. The van der Waals surface area contributed by atoms with E-state index in [1.54, 1.807) is 47.4 Å². The van der Waals surface area contributed by atoms with Crippen molar-refractivity contribution in [3.63, 3.8) is 0 Å². The molecule has 1 saturated heterocycles. The molecule has 0 bridgehead atoms. The van der Waals surface area contributed by atoms with Crippen LogP contribution in [0.2, 0.25) is 0 Å². The van der Waals surface area contributed by atoms with Crippen LogP contribution in [0.15, 0.2) is 47.4 Å². The summed E-state index contributed by atoms with van der Waals surface area (Å²) in [6, 6.07) is 11.5. The first-order valence-corrected chi connectivity index (χ1v) is 10.3. The number of rotatable bonds is 6. The van der Waals surface area contributed by atoms with Gasteiger partial charge in [-0.2, -0.15) is 0 Å². The van der Waals surface area contributed by atoms with E-state index in [0.717, 1.165) is 0 Å². The zero-order valence-corrected chi connectivity index (χ0v) is 16.9. The molecule has 0 spiro atoms. The third kappa shape index (κ3) is 3.64. The molecule has 1 heterocycles. The summed E-state index contributed by atoms with van der Waals surface area (Å²) >= 11 is 0. The van der Waals surface area contributed by atoms with Crippen molar-refractivity contribution in [3.05, 3.63) is 48.0 Å². The van der Waals surface area contributed by atoms with Gasteiger partial charge in [0, 0.05) is 18.7 Å². The van der Waals surface area contributed by atoms with Crippen molar-refractivity contribution in [1.82, 2.24) is 4.90 Å². The molecule has 0 aromatic heterocycles. The molecule has 1 fully saturated rings. The van der Waals surface area contributed by atoms with Crippen LogP contribution in [0.4, 0.5) is 0 Å². The van der Waals surface area contributed by atoms with Gasteiger partial charge in [-0.05, 0) is 30.7 Å². The first-order valence-electron chi connectivity index (χ1n) is 8.80. The van der Waals surface area contributed by atoms with Crippen molar-refractivity contribution in [2.24, 2.45) is 0 Å². The molecule has 0 N–H and O–H groups in total. The van der Waals surface area contributed by atoms with E-state index in [1.807, 2.05) is 0 Å². The van der Waals surface area contributed by atoms with Gasteiger partial charge >= 0.3 is 0 Å². The summed E-state index contributed by atoms with van der Waals surface area (Å²) < 4.78 is 41.5. The SMILES string of the molecule is COc1cc(C(=O)N2CCC(S(=O)(=O)c3ccccc3)C2)cc(OC)c1OC. The maximum absolute atomic E-state index is 13.0. The average molecular weight is 405 g/mol. The Morgan fingerprint density at radius 2 is 1.61 bits per heavy atom. The lowest BCUT2D eigenvalue weighted by Crippen LogP contribution is -2.32. The van der Waals surface area contributed by atoms with E-state index in [4.69, 9.17) is 14.2 Å². The predicted molar refractivity (Wildman–Crippen MR) is 104 cm³/mol. The van der Waals surface area contributed by atoms with Crippen LogP contribution in [0.1, 0.15) is 16.8 Å². The van der Waals surface area contributed by atoms with Crippen molar-refractivity contribution < 1.29 is 27.4 Å². The maximum atomic E-state index is 13.0. The standard InChI is InChI=1S/C20H23NO6S/c1-25-17-11-14(12-18(26-2)19(17)27-3)20(22)21-10-9-16(13-21)28(23,24)15-7-5-4-6-8-15/h4-8,11-12,16H,9-10,13H2,1-3H3. The topological polar surface area (TPSA) is 82.1 Å². The third-order valence-electron chi connectivity index (χ3n) is 4.85. The Kier molecular flexibility index (Phi) is 5.79. The van der Waals surface area contributed by atoms with Crippen LogP contribution in [-0.4, -0.2) is 58.9 Å². The van der Waals surface area contributed by atoms with Gasteiger partial charge in [0.2, 0.25) is 5.75 Å². The van der Waals surface area contributed by atoms with Gasteiger partial charge < -0.3 is 19.1 Å². The first-order chi connectivity index (χ1) is 13.4. The third-order valence-corrected chi connectivity index (χ3v) is 7.05. The number of carbonyl (C=O) groups excluding carboxylic acids is 1. The zero-order valence-electron chi connectivity index (χ0n) is 16.0. The van der Waals surface area contributed by atoms with Gasteiger partial charge in [0.05, 0.1) is 31.5 Å². The van der Waals surface area contributed by atoms with Crippen LogP contribution in [0.3, 0.4) is 0 Å². The van der Waals surface area contributed by atoms with Gasteiger partial charge in [-0.1, -0.05) is 18.2 Å². The van der Waals surface area contributed by atoms with Crippen molar-refractivity contribution in [2.45, 2.75) is 16.6 Å². The van der Waals surface area contributed by atoms with E-state index in [9.17, 15) is 13.2 Å². The van der Waals surface area contributed by atoms with E-state index in [-0.39, 0.29) is 17.3 Å². The smallest absolute Gasteiger partial charge is 0.254 e. The molecule has 2 aromatic carbocycles. The fourth-order valence-electron chi connectivity index (χ4n) is 3.36. The molecule has 0 saturated carbocycles. The Balaban J connectivity index is 1.83. The molecule has 0 radical (unpaired) electrons. The Morgan fingerprint density at radius 1 is 1.00 bits per heavy atom. The molecule has 8 heteroatoms. The Morgan fingerprint density at radius 3 is 2.14 bits per heavy atom. The van der Waals surface area contributed by atoms with E-state index in [1.165, 1.54) is 21.3 Å². The summed E-state index contributed by atoms with van der Waals surface area (Å²) in [6.45, 7) is 0.513. The lowest BCUT2D eigenvalue weighted by molar-refractivity contribution is 0.0792. The van der Waals surface area contributed by atoms with Crippen molar-refractivity contribution >= 4 is 15.7 Å². The lowest BCUT2D eigenvalue weighted by Gasteiger charge is -2.19. The number of sulfone groups is 1. The number of methoxy groups -OCH3 is 3. The lowest BCUT2D eigenvalue weighted by atomic mass is 10.1. The number of ether oxygens (including phenoxy) is 3. The molecule has 2 aromatic rings. The summed E-state index contributed by atoms with van der Waals surface area (Å²) in [5.41, 5.74) is 0.354. The number of hydrogen-bond donors (Lipinski definition) is 0. The van der Waals surface area contributed by atoms with Crippen LogP contribution >= 0.6 is 0 Å². The second kappa shape index (κ2) is 8.10. The highest BCUT2D eigenvalue weighted by Crippen LogP contribution is 2.38. The number of nitrogens with zero attached hydrogens (tertiary/aromatic N) is 1. The van der Waals surface area contributed by atoms with Crippen LogP contribution in [-0.2, 0) is 9.84 Å². The number of amides is 1. The molecular weight excluding hydrogens is 382 g/mol. The molecule has 1 amide bonds. The molecular formula is C20H23NO6S. The molecule has 1 unspecified atom stereocenters. The summed E-state index contributed by atoms with van der Waals surface area (Å²) in [5, 5.41) is -0.624. The van der Waals surface area contributed by atoms with Crippen LogP contribution < -0.4 is 14.2 Å². The van der Waals surface area contributed by atoms with Gasteiger partial charge in [0.1, 0.15) is 0 Å². The molecule has 0 aliphatic carbocycles. The monoisotopic (exact) mass is 405 g/mol. The van der Waals surface area contributed by atoms with Crippen LogP contribution in [0.5, 0.6) is 17.2 Å². The summed E-state index contributed by atoms with van der Waals surface area (Å²) in [7, 11) is 0.953. The highest BCUT2D eigenvalue weighted by molar-refractivity contribution is 7.92. The molecule has 150 valence electrons. The van der Waals surface area contributed by atoms with E-state index < -0.39 is 15.1 Å². The van der Waals surface area contributed by atoms with Gasteiger partial charge in [0.25, 0.3) is 5.91 Å². The molecule has 1 atom stereocenters. The average Bonchev–Trinajstić information content (AvgIpc) is 3.23. The highest BCUT2D eigenvalue weighted by atomic mass is 32.2. The molecule has 3 rings (SSSR count). The van der Waals surface area contributed by atoms with E-state index in [2.05, 4.69) is 0 Å². The first kappa shape index (κ1) is 20.0. The fraction of sp³-hybridized carbons (Fsp3) is 0.350. The Labute approximate surface area is 164 Å².